The molecule has 1 N–H and O–H groups in total. The minimum Gasteiger partial charge on any atom is -0.497 e. The van der Waals surface area contributed by atoms with Crippen LogP contribution in [0.2, 0.25) is 0 Å². The summed E-state index contributed by atoms with van der Waals surface area (Å²) in [6.45, 7) is 5.15. The number of hydrogen-bond acceptors (Lipinski definition) is 5. The van der Waals surface area contributed by atoms with Crippen molar-refractivity contribution >= 4 is 23.2 Å². The predicted molar refractivity (Wildman–Crippen MR) is 106 cm³/mol. The summed E-state index contributed by atoms with van der Waals surface area (Å²) in [6.07, 6.45) is 0. The molecule has 0 spiro atoms. The minimum atomic E-state index is -1.06. The second-order valence-corrected chi connectivity index (χ2v) is 7.09. The summed E-state index contributed by atoms with van der Waals surface area (Å²) < 4.78 is 16.3. The van der Waals surface area contributed by atoms with Crippen LogP contribution in [0, 0.1) is 6.92 Å². The van der Waals surface area contributed by atoms with Crippen LogP contribution in [0.4, 0.5) is 11.4 Å². The van der Waals surface area contributed by atoms with E-state index in [0.717, 1.165) is 5.56 Å². The van der Waals surface area contributed by atoms with Gasteiger partial charge >= 0.3 is 0 Å². The summed E-state index contributed by atoms with van der Waals surface area (Å²) in [5, 5.41) is 2.80. The van der Waals surface area contributed by atoms with Crippen molar-refractivity contribution in [2.24, 2.45) is 0 Å². The largest absolute Gasteiger partial charge is 0.497 e. The normalized spacial score (nSPS) is 14.8. The van der Waals surface area contributed by atoms with Gasteiger partial charge in [0.2, 0.25) is 5.91 Å². The number of methoxy groups -OCH3 is 2. The highest BCUT2D eigenvalue weighted by Gasteiger charge is 2.41. The quantitative estimate of drug-likeness (QED) is 0.857. The second kappa shape index (κ2) is 7.42. The van der Waals surface area contributed by atoms with Crippen LogP contribution in [0.15, 0.2) is 36.4 Å². The Morgan fingerprint density at radius 3 is 2.57 bits per heavy atom. The van der Waals surface area contributed by atoms with Crippen molar-refractivity contribution in [2.45, 2.75) is 26.4 Å². The molecule has 1 heterocycles. The Kier molecular flexibility index (Phi) is 5.18. The Labute approximate surface area is 164 Å². The predicted octanol–water partition coefficient (Wildman–Crippen LogP) is 3.15. The van der Waals surface area contributed by atoms with Gasteiger partial charge in [-0.15, -0.1) is 0 Å². The third-order valence-corrected chi connectivity index (χ3v) is 4.51. The van der Waals surface area contributed by atoms with Gasteiger partial charge in [0, 0.05) is 6.07 Å². The van der Waals surface area contributed by atoms with E-state index in [9.17, 15) is 9.59 Å². The van der Waals surface area contributed by atoms with Crippen LogP contribution in [-0.4, -0.2) is 38.2 Å². The lowest BCUT2D eigenvalue weighted by molar-refractivity contribution is -0.133. The highest BCUT2D eigenvalue weighted by Crippen LogP contribution is 2.38. The first-order valence-electron chi connectivity index (χ1n) is 8.88. The topological polar surface area (TPSA) is 77.1 Å². The highest BCUT2D eigenvalue weighted by molar-refractivity contribution is 6.08. The molecule has 1 aliphatic heterocycles. The van der Waals surface area contributed by atoms with Crippen LogP contribution >= 0.6 is 0 Å². The zero-order valence-electron chi connectivity index (χ0n) is 16.7. The Morgan fingerprint density at radius 1 is 1.14 bits per heavy atom. The van der Waals surface area contributed by atoms with Crippen LogP contribution in [-0.2, 0) is 9.59 Å². The van der Waals surface area contributed by atoms with E-state index >= 15 is 0 Å². The molecule has 3 rings (SSSR count). The number of anilines is 2. The average molecular weight is 384 g/mol. The maximum atomic E-state index is 12.9. The number of rotatable bonds is 5. The van der Waals surface area contributed by atoms with Gasteiger partial charge in [0.05, 0.1) is 25.6 Å². The van der Waals surface area contributed by atoms with Crippen molar-refractivity contribution in [1.82, 2.24) is 0 Å². The summed E-state index contributed by atoms with van der Waals surface area (Å²) in [5.74, 6) is 1.02. The fourth-order valence-corrected chi connectivity index (χ4v) is 3.08. The van der Waals surface area contributed by atoms with Gasteiger partial charge in [-0.2, -0.15) is 0 Å². The van der Waals surface area contributed by atoms with Gasteiger partial charge in [-0.05, 0) is 50.6 Å². The smallest absolute Gasteiger partial charge is 0.271 e. The summed E-state index contributed by atoms with van der Waals surface area (Å²) in [6, 6.07) is 10.7. The molecule has 0 aliphatic carbocycles. The molecule has 0 bridgehead atoms. The third-order valence-electron chi connectivity index (χ3n) is 4.51. The van der Waals surface area contributed by atoms with Crippen LogP contribution in [0.3, 0.4) is 0 Å². The first-order valence-corrected chi connectivity index (χ1v) is 8.88. The molecule has 0 aromatic heterocycles. The number of fused-ring (bicyclic) bond motifs is 1. The van der Waals surface area contributed by atoms with Crippen molar-refractivity contribution < 1.29 is 23.8 Å². The third kappa shape index (κ3) is 3.74. The van der Waals surface area contributed by atoms with Crippen molar-refractivity contribution in [2.75, 3.05) is 31.0 Å². The average Bonchev–Trinajstić information content (AvgIpc) is 2.66. The molecule has 0 saturated carbocycles. The number of aryl methyl sites for hydroxylation is 1. The van der Waals surface area contributed by atoms with E-state index in [1.807, 2.05) is 25.1 Å². The lowest BCUT2D eigenvalue weighted by Gasteiger charge is -2.38. The fraction of sp³-hybridized carbons (Fsp3) is 0.333. The Balaban J connectivity index is 1.88. The fourth-order valence-electron chi connectivity index (χ4n) is 3.08. The summed E-state index contributed by atoms with van der Waals surface area (Å²) in [7, 11) is 3.06. The molecule has 28 heavy (non-hydrogen) atoms. The van der Waals surface area contributed by atoms with Gasteiger partial charge in [0.15, 0.2) is 5.60 Å². The van der Waals surface area contributed by atoms with Crippen LogP contribution in [0.5, 0.6) is 17.2 Å². The molecule has 1 aliphatic rings. The molecule has 0 saturated heterocycles. The summed E-state index contributed by atoms with van der Waals surface area (Å²) in [4.78, 5) is 27.1. The molecule has 7 heteroatoms. The van der Waals surface area contributed by atoms with Gasteiger partial charge < -0.3 is 19.5 Å². The van der Waals surface area contributed by atoms with Crippen molar-refractivity contribution in [3.05, 3.63) is 42.0 Å². The van der Waals surface area contributed by atoms with E-state index in [1.165, 1.54) is 12.0 Å². The van der Waals surface area contributed by atoms with Crippen LogP contribution in [0.1, 0.15) is 19.4 Å². The Hall–Kier alpha value is -3.22. The van der Waals surface area contributed by atoms with Gasteiger partial charge in [-0.1, -0.05) is 6.07 Å². The first kappa shape index (κ1) is 19.5. The molecule has 0 radical (unpaired) electrons. The zero-order chi connectivity index (χ0) is 20.5. The van der Waals surface area contributed by atoms with E-state index in [1.54, 1.807) is 39.2 Å². The standard InChI is InChI=1S/C21H24N2O5/c1-13-6-8-18-16(10-13)23(20(25)21(2,3)28-18)12-19(24)22-15-11-14(26-4)7-9-17(15)27-5/h6-11H,12H2,1-5H3,(H,22,24). The van der Waals surface area contributed by atoms with Gasteiger partial charge in [0.25, 0.3) is 5.91 Å². The molecule has 148 valence electrons. The monoisotopic (exact) mass is 384 g/mol. The molecule has 2 aromatic carbocycles. The van der Waals surface area contributed by atoms with Gasteiger partial charge in [0.1, 0.15) is 23.8 Å². The number of ether oxygens (including phenoxy) is 3. The summed E-state index contributed by atoms with van der Waals surface area (Å²) >= 11 is 0. The number of nitrogens with one attached hydrogen (secondary N) is 1. The molecular weight excluding hydrogens is 360 g/mol. The lowest BCUT2D eigenvalue weighted by atomic mass is 10.0. The van der Waals surface area contributed by atoms with E-state index in [4.69, 9.17) is 14.2 Å². The van der Waals surface area contributed by atoms with E-state index in [0.29, 0.717) is 28.6 Å². The van der Waals surface area contributed by atoms with Gasteiger partial charge in [-0.3, -0.25) is 14.5 Å². The summed E-state index contributed by atoms with van der Waals surface area (Å²) in [5.41, 5.74) is 0.957. The number of hydrogen-bond donors (Lipinski definition) is 1. The van der Waals surface area contributed by atoms with Crippen molar-refractivity contribution in [3.63, 3.8) is 0 Å². The van der Waals surface area contributed by atoms with E-state index in [2.05, 4.69) is 5.32 Å². The minimum absolute atomic E-state index is 0.150. The SMILES string of the molecule is COc1ccc(OC)c(NC(=O)CN2C(=O)C(C)(C)Oc3ccc(C)cc32)c1. The molecule has 7 nitrogen and oxygen atoms in total. The number of benzene rings is 2. The Morgan fingerprint density at radius 2 is 1.89 bits per heavy atom. The van der Waals surface area contributed by atoms with Gasteiger partial charge in [-0.25, -0.2) is 0 Å². The zero-order valence-corrected chi connectivity index (χ0v) is 16.7. The molecule has 0 atom stereocenters. The molecule has 0 fully saturated rings. The maximum absolute atomic E-state index is 12.9. The lowest BCUT2D eigenvalue weighted by Crippen LogP contribution is -2.54. The molecular formula is C21H24N2O5. The maximum Gasteiger partial charge on any atom is 0.271 e. The highest BCUT2D eigenvalue weighted by atomic mass is 16.5. The number of nitrogens with zero attached hydrogens (tertiary/aromatic N) is 1. The Bertz CT molecular complexity index is 923. The molecule has 0 unspecified atom stereocenters. The van der Waals surface area contributed by atoms with E-state index in [-0.39, 0.29) is 18.4 Å². The molecule has 2 amide bonds. The van der Waals surface area contributed by atoms with E-state index < -0.39 is 5.60 Å². The number of carbonyl (C=O) groups excluding carboxylic acids is 2. The number of amides is 2. The van der Waals surface area contributed by atoms with Crippen molar-refractivity contribution in [1.29, 1.82) is 0 Å². The second-order valence-electron chi connectivity index (χ2n) is 7.09. The van der Waals surface area contributed by atoms with Crippen LogP contribution in [0.25, 0.3) is 0 Å². The van der Waals surface area contributed by atoms with Crippen LogP contribution < -0.4 is 24.4 Å². The van der Waals surface area contributed by atoms with Crippen molar-refractivity contribution in [3.8, 4) is 17.2 Å². The molecule has 2 aromatic rings. The number of carbonyl (C=O) groups is 2. The first-order chi connectivity index (χ1) is 13.2.